The van der Waals surface area contributed by atoms with Crippen molar-refractivity contribution in [3.05, 3.63) is 35.9 Å². The minimum absolute atomic E-state index is 0.0644. The maximum Gasteiger partial charge on any atom is 0.393 e. The molecule has 2 N–H and O–H groups in total. The lowest BCUT2D eigenvalue weighted by Gasteiger charge is -2.27. The number of likely N-dealkylation sites (tertiary alicyclic amines) is 1. The van der Waals surface area contributed by atoms with Crippen LogP contribution in [0.1, 0.15) is 25.8 Å². The Kier molecular flexibility index (Phi) is 6.28. The molecule has 3 atom stereocenters. The Hall–Kier alpha value is -2.09. The number of amides is 1. The number of nitrogens with two attached hydrogens (primary N) is 1. The number of esters is 1. The number of rotatable bonds is 5. The van der Waals surface area contributed by atoms with Gasteiger partial charge in [0.1, 0.15) is 12.6 Å². The minimum atomic E-state index is -4.49. The number of nitrogens with zero attached hydrogens (tertiary/aromatic N) is 1. The number of hydrogen-bond acceptors (Lipinski definition) is 4. The molecule has 1 unspecified atom stereocenters. The molecule has 1 aliphatic heterocycles. The standard InChI is InChI=1S/C18H23F3N2O3/c1-11(2)15(22)16(24)23-9-13(18(19,20)21)8-14(23)17(25)26-10-12-6-4-3-5-7-12/h3-7,11,13-15H,8-10,22H2,1-2H3/t13-,14+,15?/m1/s1. The van der Waals surface area contributed by atoms with Gasteiger partial charge in [-0.25, -0.2) is 4.79 Å². The van der Waals surface area contributed by atoms with Gasteiger partial charge >= 0.3 is 12.1 Å². The normalized spacial score (nSPS) is 21.7. The van der Waals surface area contributed by atoms with Crippen molar-refractivity contribution in [1.82, 2.24) is 4.90 Å². The van der Waals surface area contributed by atoms with Gasteiger partial charge < -0.3 is 15.4 Å². The third-order valence-corrected chi connectivity index (χ3v) is 4.55. The van der Waals surface area contributed by atoms with Crippen molar-refractivity contribution in [1.29, 1.82) is 0 Å². The molecule has 1 aromatic rings. The van der Waals surface area contributed by atoms with Crippen molar-refractivity contribution in [2.75, 3.05) is 6.54 Å². The topological polar surface area (TPSA) is 72.6 Å². The third-order valence-electron chi connectivity index (χ3n) is 4.55. The van der Waals surface area contributed by atoms with Gasteiger partial charge in [0.15, 0.2) is 0 Å². The van der Waals surface area contributed by atoms with Crippen LogP contribution in [0, 0.1) is 11.8 Å². The van der Waals surface area contributed by atoms with Crippen LogP contribution >= 0.6 is 0 Å². The van der Waals surface area contributed by atoms with E-state index >= 15 is 0 Å². The number of halogens is 3. The lowest BCUT2D eigenvalue weighted by Crippen LogP contribution is -2.50. The third kappa shape index (κ3) is 4.75. The summed E-state index contributed by atoms with van der Waals surface area (Å²) in [5.41, 5.74) is 6.51. The van der Waals surface area contributed by atoms with Crippen LogP contribution in [0.25, 0.3) is 0 Å². The molecule has 1 heterocycles. The zero-order valence-corrected chi connectivity index (χ0v) is 14.7. The van der Waals surface area contributed by atoms with Crippen LogP contribution < -0.4 is 5.73 Å². The first-order valence-electron chi connectivity index (χ1n) is 8.44. The molecule has 1 saturated heterocycles. The Bertz CT molecular complexity index is 634. The van der Waals surface area contributed by atoms with Crippen LogP contribution in [0.3, 0.4) is 0 Å². The molecule has 2 rings (SSSR count). The van der Waals surface area contributed by atoms with E-state index in [1.807, 2.05) is 0 Å². The number of alkyl halides is 3. The Balaban J connectivity index is 2.12. The van der Waals surface area contributed by atoms with Crippen LogP contribution in [-0.2, 0) is 20.9 Å². The SMILES string of the molecule is CC(C)C(N)C(=O)N1C[C@H](C(F)(F)F)C[C@H]1C(=O)OCc1ccccc1. The molecule has 0 bridgehead atoms. The molecular weight excluding hydrogens is 349 g/mol. The van der Waals surface area contributed by atoms with E-state index in [1.165, 1.54) is 0 Å². The highest BCUT2D eigenvalue weighted by Gasteiger charge is 2.52. The number of benzene rings is 1. The smallest absolute Gasteiger partial charge is 0.393 e. The van der Waals surface area contributed by atoms with E-state index in [-0.39, 0.29) is 12.5 Å². The first-order valence-corrected chi connectivity index (χ1v) is 8.44. The fourth-order valence-corrected chi connectivity index (χ4v) is 2.84. The molecule has 0 aliphatic carbocycles. The first-order chi connectivity index (χ1) is 12.1. The zero-order valence-electron chi connectivity index (χ0n) is 14.7. The van der Waals surface area contributed by atoms with Gasteiger partial charge in [-0.3, -0.25) is 4.79 Å². The van der Waals surface area contributed by atoms with E-state index in [2.05, 4.69) is 0 Å². The van der Waals surface area contributed by atoms with Crippen molar-refractivity contribution in [2.24, 2.45) is 17.6 Å². The molecule has 144 valence electrons. The van der Waals surface area contributed by atoms with E-state index in [9.17, 15) is 22.8 Å². The number of carbonyl (C=O) groups excluding carboxylic acids is 2. The molecule has 5 nitrogen and oxygen atoms in total. The lowest BCUT2D eigenvalue weighted by molar-refractivity contribution is -0.171. The molecule has 26 heavy (non-hydrogen) atoms. The van der Waals surface area contributed by atoms with E-state index < -0.39 is 49.0 Å². The number of ether oxygens (including phenoxy) is 1. The van der Waals surface area contributed by atoms with E-state index in [0.29, 0.717) is 5.56 Å². The molecular formula is C18H23F3N2O3. The van der Waals surface area contributed by atoms with Crippen molar-refractivity contribution < 1.29 is 27.5 Å². The Morgan fingerprint density at radius 3 is 2.42 bits per heavy atom. The average Bonchev–Trinajstić information content (AvgIpc) is 3.05. The summed E-state index contributed by atoms with van der Waals surface area (Å²) in [6, 6.07) is 6.54. The second-order valence-corrected chi connectivity index (χ2v) is 6.84. The maximum atomic E-state index is 13.1. The summed E-state index contributed by atoms with van der Waals surface area (Å²) in [5.74, 6) is -3.52. The van der Waals surface area contributed by atoms with Crippen LogP contribution in [0.4, 0.5) is 13.2 Å². The molecule has 1 aliphatic rings. The molecule has 1 amide bonds. The zero-order chi connectivity index (χ0) is 19.5. The van der Waals surface area contributed by atoms with E-state index in [1.54, 1.807) is 44.2 Å². The highest BCUT2D eigenvalue weighted by Crippen LogP contribution is 2.37. The van der Waals surface area contributed by atoms with Crippen molar-refractivity contribution in [3.63, 3.8) is 0 Å². The molecule has 1 aromatic carbocycles. The van der Waals surface area contributed by atoms with Crippen molar-refractivity contribution in [2.45, 2.75) is 45.1 Å². The molecule has 1 fully saturated rings. The number of hydrogen-bond donors (Lipinski definition) is 1. The van der Waals surface area contributed by atoms with Gasteiger partial charge in [0.25, 0.3) is 0 Å². The largest absolute Gasteiger partial charge is 0.459 e. The second kappa shape index (κ2) is 8.07. The van der Waals surface area contributed by atoms with Gasteiger partial charge in [-0.2, -0.15) is 13.2 Å². The van der Waals surface area contributed by atoms with E-state index in [0.717, 1.165) is 4.90 Å². The summed E-state index contributed by atoms with van der Waals surface area (Å²) in [6.07, 6.45) is -5.00. The monoisotopic (exact) mass is 372 g/mol. The summed E-state index contributed by atoms with van der Waals surface area (Å²) < 4.78 is 44.5. The quantitative estimate of drug-likeness (QED) is 0.806. The molecule has 8 heteroatoms. The minimum Gasteiger partial charge on any atom is -0.459 e. The average molecular weight is 372 g/mol. The van der Waals surface area contributed by atoms with E-state index in [4.69, 9.17) is 10.5 Å². The van der Waals surface area contributed by atoms with Crippen molar-refractivity contribution >= 4 is 11.9 Å². The highest BCUT2D eigenvalue weighted by atomic mass is 19.4. The van der Waals surface area contributed by atoms with Gasteiger partial charge in [0.2, 0.25) is 5.91 Å². The fourth-order valence-electron chi connectivity index (χ4n) is 2.84. The van der Waals surface area contributed by atoms with Gasteiger partial charge in [-0.15, -0.1) is 0 Å². The van der Waals surface area contributed by atoms with Crippen LogP contribution in [0.2, 0.25) is 0 Å². The maximum absolute atomic E-state index is 13.1. The Morgan fingerprint density at radius 1 is 1.27 bits per heavy atom. The van der Waals surface area contributed by atoms with Gasteiger partial charge in [-0.05, 0) is 17.9 Å². The summed E-state index contributed by atoms with van der Waals surface area (Å²) in [7, 11) is 0. The predicted octanol–water partition coefficient (Wildman–Crippen LogP) is 2.49. The van der Waals surface area contributed by atoms with Crippen LogP contribution in [-0.4, -0.2) is 41.6 Å². The summed E-state index contributed by atoms with van der Waals surface area (Å²) in [4.78, 5) is 25.8. The highest BCUT2D eigenvalue weighted by molar-refractivity contribution is 5.88. The van der Waals surface area contributed by atoms with Crippen molar-refractivity contribution in [3.8, 4) is 0 Å². The van der Waals surface area contributed by atoms with Gasteiger partial charge in [0.05, 0.1) is 12.0 Å². The second-order valence-electron chi connectivity index (χ2n) is 6.84. The molecule has 0 aromatic heterocycles. The Morgan fingerprint density at radius 2 is 1.88 bits per heavy atom. The van der Waals surface area contributed by atoms with Crippen LogP contribution in [0.15, 0.2) is 30.3 Å². The van der Waals surface area contributed by atoms with Gasteiger partial charge in [-0.1, -0.05) is 44.2 Å². The Labute approximate surface area is 150 Å². The number of carbonyl (C=O) groups is 2. The molecule has 0 radical (unpaired) electrons. The summed E-state index contributed by atoms with van der Waals surface area (Å²) in [5, 5.41) is 0. The molecule has 0 spiro atoms. The van der Waals surface area contributed by atoms with Gasteiger partial charge in [0, 0.05) is 6.54 Å². The summed E-state index contributed by atoms with van der Waals surface area (Å²) >= 11 is 0. The predicted molar refractivity (Wildman–Crippen MR) is 88.7 cm³/mol. The fraction of sp³-hybridized carbons (Fsp3) is 0.556. The first kappa shape index (κ1) is 20.2. The molecule has 0 saturated carbocycles. The lowest BCUT2D eigenvalue weighted by atomic mass is 10.0. The summed E-state index contributed by atoms with van der Waals surface area (Å²) in [6.45, 7) is 2.75. The van der Waals surface area contributed by atoms with Crippen LogP contribution in [0.5, 0.6) is 0 Å².